The van der Waals surface area contributed by atoms with Crippen LogP contribution in [0.2, 0.25) is 0 Å². The van der Waals surface area contributed by atoms with Crippen LogP contribution in [0.25, 0.3) is 90.9 Å². The maximum absolute atomic E-state index is 6.18. The van der Waals surface area contributed by atoms with Crippen LogP contribution < -0.4 is 14.9 Å². The van der Waals surface area contributed by atoms with Gasteiger partial charge in [-0.1, -0.05) is 29.8 Å². The van der Waals surface area contributed by atoms with E-state index in [0.717, 1.165) is 83.8 Å². The minimum Gasteiger partial charge on any atom is -0.399 e. The molecule has 7 nitrogen and oxygen atoms in total. The van der Waals surface area contributed by atoms with Crippen molar-refractivity contribution < 1.29 is 9.13 Å². The molecule has 7 heterocycles. The lowest BCUT2D eigenvalue weighted by Gasteiger charge is -2.13. The fourth-order valence-electron chi connectivity index (χ4n) is 7.94. The van der Waals surface area contributed by atoms with Crippen molar-refractivity contribution in [2.75, 3.05) is 5.73 Å². The standard InChI is InChI=1S/C47H40N7/c1-28-26-29(2)43(30(3)27-28)47-41-16-14-39(51-41)45(32-18-22-53(4)23-19-32)37-12-10-35(49-37)44(31-6-8-34(48)9-7-31)36-11-13-38(50-36)46(40-15-17-42(47)52-40)33-20-24-54(5)25-21-33/h6-27H,1-5H3,(H3,48,49,50,51,52)/q+1/p+1. The first-order valence-electron chi connectivity index (χ1n) is 18.2. The summed E-state index contributed by atoms with van der Waals surface area (Å²) in [4.78, 5) is 18.6. The summed E-state index contributed by atoms with van der Waals surface area (Å²) in [5.74, 6) is 0. The van der Waals surface area contributed by atoms with Crippen molar-refractivity contribution in [1.29, 1.82) is 0 Å². The number of pyridine rings is 2. The Labute approximate surface area is 314 Å². The lowest BCUT2D eigenvalue weighted by atomic mass is 9.92. The van der Waals surface area contributed by atoms with Gasteiger partial charge in [0.15, 0.2) is 24.8 Å². The summed E-state index contributed by atoms with van der Waals surface area (Å²) in [6, 6.07) is 29.8. The molecule has 54 heavy (non-hydrogen) atoms. The average molecular weight is 704 g/mol. The van der Waals surface area contributed by atoms with Crippen molar-refractivity contribution in [3.8, 4) is 44.5 Å². The smallest absolute Gasteiger partial charge is 0.169 e. The van der Waals surface area contributed by atoms with Crippen molar-refractivity contribution in [1.82, 2.24) is 19.9 Å². The lowest BCUT2D eigenvalue weighted by molar-refractivity contribution is -0.671. The van der Waals surface area contributed by atoms with Crippen molar-refractivity contribution in [3.05, 3.63) is 149 Å². The highest BCUT2D eigenvalue weighted by atomic mass is 14.9. The molecule has 0 amide bonds. The maximum Gasteiger partial charge on any atom is 0.169 e. The van der Waals surface area contributed by atoms with Crippen LogP contribution >= 0.6 is 0 Å². The second-order valence-electron chi connectivity index (χ2n) is 14.4. The first-order valence-corrected chi connectivity index (χ1v) is 18.2. The molecule has 0 saturated carbocycles. The molecule has 0 fully saturated rings. The zero-order chi connectivity index (χ0) is 37.1. The quantitative estimate of drug-likeness (QED) is 0.126. The van der Waals surface area contributed by atoms with E-state index in [9.17, 15) is 0 Å². The number of nitrogen functional groups attached to an aromatic ring is 1. The first-order chi connectivity index (χ1) is 26.2. The van der Waals surface area contributed by atoms with Crippen molar-refractivity contribution >= 4 is 52.1 Å². The molecular formula is C47H41N7+2. The second kappa shape index (κ2) is 13.0. The summed E-state index contributed by atoms with van der Waals surface area (Å²) >= 11 is 0. The number of aromatic amines is 2. The Morgan fingerprint density at radius 3 is 1.33 bits per heavy atom. The summed E-state index contributed by atoms with van der Waals surface area (Å²) in [5.41, 5.74) is 26.4. The zero-order valence-electron chi connectivity index (χ0n) is 31.1. The van der Waals surface area contributed by atoms with E-state index in [0.29, 0.717) is 5.69 Å². The van der Waals surface area contributed by atoms with Gasteiger partial charge in [0.1, 0.15) is 14.1 Å². The number of nitrogens with two attached hydrogens (primary N) is 1. The van der Waals surface area contributed by atoms with Gasteiger partial charge in [-0.15, -0.1) is 0 Å². The van der Waals surface area contributed by atoms with Gasteiger partial charge >= 0.3 is 0 Å². The van der Waals surface area contributed by atoms with E-state index in [2.05, 4.69) is 157 Å². The van der Waals surface area contributed by atoms with Gasteiger partial charge in [0.25, 0.3) is 0 Å². The van der Waals surface area contributed by atoms with E-state index >= 15 is 0 Å². The van der Waals surface area contributed by atoms with Gasteiger partial charge in [-0.05, 0) is 115 Å². The highest BCUT2D eigenvalue weighted by Gasteiger charge is 2.21. The minimum absolute atomic E-state index is 0.712. The third-order valence-electron chi connectivity index (χ3n) is 10.4. The Kier molecular flexibility index (Phi) is 7.93. The number of benzene rings is 2. The predicted molar refractivity (Wildman–Crippen MR) is 222 cm³/mol. The molecule has 8 bridgehead atoms. The Morgan fingerprint density at radius 2 is 0.833 bits per heavy atom. The molecule has 2 aromatic carbocycles. The number of anilines is 1. The normalized spacial score (nSPS) is 12.1. The molecule has 5 aromatic heterocycles. The van der Waals surface area contributed by atoms with E-state index in [1.54, 1.807) is 0 Å². The van der Waals surface area contributed by atoms with E-state index in [-0.39, 0.29) is 0 Å². The van der Waals surface area contributed by atoms with Crippen LogP contribution in [0.5, 0.6) is 0 Å². The van der Waals surface area contributed by atoms with Crippen LogP contribution in [0.4, 0.5) is 5.69 Å². The number of nitrogens with zero attached hydrogens (tertiary/aromatic N) is 4. The molecule has 9 rings (SSSR count). The topological polar surface area (TPSA) is 91.1 Å². The van der Waals surface area contributed by atoms with Gasteiger partial charge in [0.05, 0.1) is 22.8 Å². The number of nitrogens with one attached hydrogen (secondary N) is 2. The number of hydrogen-bond donors (Lipinski definition) is 3. The molecule has 0 saturated heterocycles. The lowest BCUT2D eigenvalue weighted by Crippen LogP contribution is -2.25. The molecule has 2 aliphatic rings. The maximum atomic E-state index is 6.18. The van der Waals surface area contributed by atoms with Gasteiger partial charge in [-0.25, -0.2) is 19.1 Å². The minimum atomic E-state index is 0.712. The summed E-state index contributed by atoms with van der Waals surface area (Å²) < 4.78 is 4.10. The third-order valence-corrected chi connectivity index (χ3v) is 10.4. The van der Waals surface area contributed by atoms with Crippen LogP contribution in [0, 0.1) is 20.8 Å². The summed E-state index contributed by atoms with van der Waals surface area (Å²) in [6.07, 6.45) is 16.8. The van der Waals surface area contributed by atoms with E-state index < -0.39 is 0 Å². The Bertz CT molecular complexity index is 2830. The van der Waals surface area contributed by atoms with Crippen molar-refractivity contribution in [2.45, 2.75) is 20.8 Å². The van der Waals surface area contributed by atoms with Gasteiger partial charge < -0.3 is 15.7 Å². The van der Waals surface area contributed by atoms with E-state index in [1.165, 1.54) is 22.3 Å². The zero-order valence-corrected chi connectivity index (χ0v) is 31.1. The van der Waals surface area contributed by atoms with Gasteiger partial charge in [-0.3, -0.25) is 0 Å². The second-order valence-corrected chi connectivity index (χ2v) is 14.4. The SMILES string of the molecule is Cc1cc(C)c(-c2c3nc(c(-c4cc[n+](C)cc4)c4nc(c(-c5ccc(N)cc5)c5ccc([nH]5)c(-c5cc[n+](C)cc5)c5ccc2[nH]5)C=C4)C=C3)c(C)c1. The number of fused-ring (bicyclic) bond motifs is 8. The molecule has 0 atom stereocenters. The monoisotopic (exact) mass is 703 g/mol. The van der Waals surface area contributed by atoms with Gasteiger partial charge in [0, 0.05) is 74.3 Å². The van der Waals surface area contributed by atoms with Gasteiger partial charge in [-0.2, -0.15) is 0 Å². The third kappa shape index (κ3) is 5.80. The molecule has 0 radical (unpaired) electrons. The van der Waals surface area contributed by atoms with E-state index in [1.807, 2.05) is 30.8 Å². The number of aryl methyl sites for hydroxylation is 5. The molecule has 4 N–H and O–H groups in total. The molecular weight excluding hydrogens is 663 g/mol. The van der Waals surface area contributed by atoms with Crippen LogP contribution in [0.3, 0.4) is 0 Å². The van der Waals surface area contributed by atoms with Crippen molar-refractivity contribution in [3.63, 3.8) is 0 Å². The predicted octanol–water partition coefficient (Wildman–Crippen LogP) is 9.48. The fourth-order valence-corrected chi connectivity index (χ4v) is 7.94. The molecule has 262 valence electrons. The Balaban J connectivity index is 1.49. The summed E-state index contributed by atoms with van der Waals surface area (Å²) in [6.45, 7) is 6.55. The van der Waals surface area contributed by atoms with Gasteiger partial charge in [0.2, 0.25) is 0 Å². The Hall–Kier alpha value is -6.86. The van der Waals surface area contributed by atoms with Crippen LogP contribution in [0.15, 0.2) is 110 Å². The Morgan fingerprint density at radius 1 is 0.444 bits per heavy atom. The van der Waals surface area contributed by atoms with Crippen LogP contribution in [-0.4, -0.2) is 19.9 Å². The number of aromatic nitrogens is 6. The number of hydrogen-bond acceptors (Lipinski definition) is 3. The molecule has 0 aliphatic carbocycles. The highest BCUT2D eigenvalue weighted by molar-refractivity contribution is 6.00. The number of H-pyrrole nitrogens is 2. The molecule has 0 unspecified atom stereocenters. The first kappa shape index (κ1) is 33.0. The molecule has 7 heteroatoms. The molecule has 0 spiro atoms. The summed E-state index contributed by atoms with van der Waals surface area (Å²) in [7, 11) is 4.07. The average Bonchev–Trinajstić information content (AvgIpc) is 3.99. The molecule has 7 aromatic rings. The highest BCUT2D eigenvalue weighted by Crippen LogP contribution is 2.40. The van der Waals surface area contributed by atoms with Crippen LogP contribution in [-0.2, 0) is 14.1 Å². The molecule has 2 aliphatic heterocycles. The largest absolute Gasteiger partial charge is 0.399 e. The van der Waals surface area contributed by atoms with E-state index in [4.69, 9.17) is 15.7 Å². The summed E-state index contributed by atoms with van der Waals surface area (Å²) in [5, 5.41) is 0. The van der Waals surface area contributed by atoms with Crippen molar-refractivity contribution in [2.24, 2.45) is 14.1 Å². The van der Waals surface area contributed by atoms with Crippen LogP contribution in [0.1, 0.15) is 39.5 Å². The number of rotatable bonds is 4. The fraction of sp³-hybridized carbons (Fsp3) is 0.106.